The normalized spacial score (nSPS) is 10.8. The second kappa shape index (κ2) is 9.27. The van der Waals surface area contributed by atoms with Gasteiger partial charge in [-0.2, -0.15) is 0 Å². The molecule has 146 valence electrons. The maximum atomic E-state index is 11.9. The molecule has 1 heterocycles. The first-order valence-corrected chi connectivity index (χ1v) is 9.71. The maximum Gasteiger partial charge on any atom is 0.420 e. The zero-order chi connectivity index (χ0) is 19.9. The predicted octanol–water partition coefficient (Wildman–Crippen LogP) is 2.35. The lowest BCUT2D eigenvalue weighted by atomic mass is 10.2. The molecule has 0 saturated carbocycles. The molecule has 0 spiro atoms. The van der Waals surface area contributed by atoms with Crippen LogP contribution in [-0.4, -0.2) is 35.3 Å². The van der Waals surface area contributed by atoms with E-state index in [-0.39, 0.29) is 12.5 Å². The fourth-order valence-corrected chi connectivity index (χ4v) is 3.30. The molecule has 0 fully saturated rings. The minimum Gasteiger partial charge on any atom is -0.454 e. The summed E-state index contributed by atoms with van der Waals surface area (Å²) in [5, 5.41) is 2.70. The van der Waals surface area contributed by atoms with Gasteiger partial charge in [0.25, 0.3) is 5.91 Å². The molecule has 0 aliphatic rings. The minimum atomic E-state index is -0.683. The van der Waals surface area contributed by atoms with E-state index in [4.69, 9.17) is 9.15 Å². The number of oxazole rings is 1. The first-order chi connectivity index (χ1) is 13.5. The number of hydrogen-bond donors (Lipinski definition) is 1. The molecule has 0 aliphatic carbocycles. The number of nitrogens with zero attached hydrogens (tertiary/aromatic N) is 1. The second-order valence-electron chi connectivity index (χ2n) is 6.09. The van der Waals surface area contributed by atoms with E-state index in [9.17, 15) is 14.4 Å². The van der Waals surface area contributed by atoms with Gasteiger partial charge in [-0.3, -0.25) is 14.2 Å². The fourth-order valence-electron chi connectivity index (χ4n) is 2.53. The van der Waals surface area contributed by atoms with Crippen molar-refractivity contribution < 1.29 is 18.7 Å². The molecular formula is C20H20N2O5S. The summed E-state index contributed by atoms with van der Waals surface area (Å²) >= 11 is 1.63. The highest BCUT2D eigenvalue weighted by Gasteiger charge is 2.14. The average molecular weight is 400 g/mol. The molecule has 3 rings (SSSR count). The van der Waals surface area contributed by atoms with E-state index in [2.05, 4.69) is 5.32 Å². The number of thioether (sulfide) groups is 1. The number of benzene rings is 2. The van der Waals surface area contributed by atoms with Crippen LogP contribution < -0.4 is 11.1 Å². The highest BCUT2D eigenvalue weighted by atomic mass is 32.2. The van der Waals surface area contributed by atoms with Gasteiger partial charge in [-0.05, 0) is 31.2 Å². The van der Waals surface area contributed by atoms with Gasteiger partial charge in [-0.15, -0.1) is 11.8 Å². The van der Waals surface area contributed by atoms with Crippen LogP contribution >= 0.6 is 11.8 Å². The van der Waals surface area contributed by atoms with Crippen molar-refractivity contribution in [3.05, 3.63) is 64.6 Å². The van der Waals surface area contributed by atoms with Gasteiger partial charge < -0.3 is 14.5 Å². The number of aryl methyl sites for hydroxylation is 1. The minimum absolute atomic E-state index is 0.313. The van der Waals surface area contributed by atoms with Gasteiger partial charge in [-0.1, -0.05) is 29.8 Å². The summed E-state index contributed by atoms with van der Waals surface area (Å²) in [6.07, 6.45) is 0. The number of hydrogen-bond acceptors (Lipinski definition) is 6. The Morgan fingerprint density at radius 3 is 2.68 bits per heavy atom. The number of rotatable bonds is 8. The smallest absolute Gasteiger partial charge is 0.420 e. The summed E-state index contributed by atoms with van der Waals surface area (Å²) in [6, 6.07) is 14.9. The van der Waals surface area contributed by atoms with E-state index in [0.717, 1.165) is 4.90 Å². The van der Waals surface area contributed by atoms with Gasteiger partial charge in [0.05, 0.1) is 5.52 Å². The number of fused-ring (bicyclic) bond motifs is 1. The lowest BCUT2D eigenvalue weighted by Gasteiger charge is -2.07. The Hall–Kier alpha value is -3.00. The van der Waals surface area contributed by atoms with Crippen LogP contribution in [0.15, 0.2) is 62.6 Å². The Morgan fingerprint density at radius 1 is 1.14 bits per heavy atom. The predicted molar refractivity (Wildman–Crippen MR) is 106 cm³/mol. The van der Waals surface area contributed by atoms with Crippen LogP contribution in [0.1, 0.15) is 5.56 Å². The standard InChI is InChI=1S/C20H20N2O5S/c1-14-6-8-15(9-7-14)28-11-10-21-18(23)13-26-19(24)12-22-16-4-2-3-5-17(16)27-20(22)25/h2-9H,10-13H2,1H3,(H,21,23). The summed E-state index contributed by atoms with van der Waals surface area (Å²) in [6.45, 7) is 1.78. The molecule has 7 nitrogen and oxygen atoms in total. The average Bonchev–Trinajstić information content (AvgIpc) is 3.00. The molecule has 8 heteroatoms. The molecule has 28 heavy (non-hydrogen) atoms. The van der Waals surface area contributed by atoms with Crippen LogP contribution in [0.3, 0.4) is 0 Å². The largest absolute Gasteiger partial charge is 0.454 e. The maximum absolute atomic E-state index is 11.9. The molecule has 0 bridgehead atoms. The number of nitrogens with one attached hydrogen (secondary N) is 1. The zero-order valence-electron chi connectivity index (χ0n) is 15.3. The molecule has 0 saturated heterocycles. The van der Waals surface area contributed by atoms with Crippen molar-refractivity contribution in [2.75, 3.05) is 18.9 Å². The Morgan fingerprint density at radius 2 is 1.89 bits per heavy atom. The molecule has 0 unspecified atom stereocenters. The molecular weight excluding hydrogens is 380 g/mol. The Balaban J connectivity index is 1.39. The molecule has 0 atom stereocenters. The molecule has 2 aromatic carbocycles. The van der Waals surface area contributed by atoms with E-state index in [1.807, 2.05) is 31.2 Å². The molecule has 3 aromatic rings. The van der Waals surface area contributed by atoms with Crippen LogP contribution in [0.25, 0.3) is 11.1 Å². The number of carbonyl (C=O) groups excluding carboxylic acids is 2. The summed E-state index contributed by atoms with van der Waals surface area (Å²) < 4.78 is 11.2. The Kier molecular flexibility index (Phi) is 6.54. The van der Waals surface area contributed by atoms with Crippen LogP contribution in [0, 0.1) is 6.92 Å². The number of amides is 1. The van der Waals surface area contributed by atoms with E-state index in [1.165, 1.54) is 10.1 Å². The first-order valence-electron chi connectivity index (χ1n) is 8.73. The lowest BCUT2D eigenvalue weighted by Crippen LogP contribution is -2.31. The number of para-hydroxylation sites is 2. The third-order valence-corrected chi connectivity index (χ3v) is 4.95. The molecule has 1 N–H and O–H groups in total. The molecule has 1 amide bonds. The van der Waals surface area contributed by atoms with Crippen molar-refractivity contribution in [3.8, 4) is 0 Å². The van der Waals surface area contributed by atoms with Crippen LogP contribution in [0.4, 0.5) is 0 Å². The van der Waals surface area contributed by atoms with Crippen LogP contribution in [0.5, 0.6) is 0 Å². The van der Waals surface area contributed by atoms with Crippen molar-refractivity contribution in [2.45, 2.75) is 18.4 Å². The van der Waals surface area contributed by atoms with Crippen LogP contribution in [-0.2, 0) is 20.9 Å². The number of carbonyl (C=O) groups is 2. The number of aromatic nitrogens is 1. The third kappa shape index (κ3) is 5.26. The number of ether oxygens (including phenoxy) is 1. The topological polar surface area (TPSA) is 90.5 Å². The summed E-state index contributed by atoms with van der Waals surface area (Å²) in [7, 11) is 0. The summed E-state index contributed by atoms with van der Waals surface area (Å²) in [5.74, 6) is -1.00. The van der Waals surface area contributed by atoms with Gasteiger partial charge >= 0.3 is 11.7 Å². The fraction of sp³-hybridized carbons (Fsp3) is 0.250. The lowest BCUT2D eigenvalue weighted by molar-refractivity contribution is -0.149. The van der Waals surface area contributed by atoms with Gasteiger partial charge in [0.15, 0.2) is 12.2 Å². The quantitative estimate of drug-likeness (QED) is 0.355. The second-order valence-corrected chi connectivity index (χ2v) is 7.26. The SMILES string of the molecule is Cc1ccc(SCCNC(=O)COC(=O)Cn2c(=O)oc3ccccc32)cc1. The van der Waals surface area contributed by atoms with E-state index in [0.29, 0.717) is 23.4 Å². The summed E-state index contributed by atoms with van der Waals surface area (Å²) in [4.78, 5) is 36.7. The van der Waals surface area contributed by atoms with Crippen molar-refractivity contribution in [1.29, 1.82) is 0 Å². The molecule has 0 radical (unpaired) electrons. The molecule has 0 aliphatic heterocycles. The monoisotopic (exact) mass is 400 g/mol. The van der Waals surface area contributed by atoms with E-state index in [1.54, 1.807) is 36.0 Å². The van der Waals surface area contributed by atoms with Crippen molar-refractivity contribution >= 4 is 34.7 Å². The number of esters is 1. The Labute approximate surface area is 165 Å². The third-order valence-electron chi connectivity index (χ3n) is 3.94. The van der Waals surface area contributed by atoms with Gasteiger partial charge in [0.2, 0.25) is 0 Å². The van der Waals surface area contributed by atoms with Crippen molar-refractivity contribution in [3.63, 3.8) is 0 Å². The van der Waals surface area contributed by atoms with Gasteiger partial charge in [-0.25, -0.2) is 4.79 Å². The van der Waals surface area contributed by atoms with Gasteiger partial charge in [0, 0.05) is 17.2 Å². The van der Waals surface area contributed by atoms with Crippen LogP contribution in [0.2, 0.25) is 0 Å². The van der Waals surface area contributed by atoms with E-state index >= 15 is 0 Å². The van der Waals surface area contributed by atoms with Gasteiger partial charge in [0.1, 0.15) is 6.54 Å². The van der Waals surface area contributed by atoms with Crippen molar-refractivity contribution in [1.82, 2.24) is 9.88 Å². The van der Waals surface area contributed by atoms with E-state index < -0.39 is 18.3 Å². The highest BCUT2D eigenvalue weighted by Crippen LogP contribution is 2.17. The Bertz CT molecular complexity index is 1020. The summed E-state index contributed by atoms with van der Waals surface area (Å²) in [5.41, 5.74) is 2.09. The highest BCUT2D eigenvalue weighted by molar-refractivity contribution is 7.99. The van der Waals surface area contributed by atoms with Crippen molar-refractivity contribution in [2.24, 2.45) is 0 Å². The first kappa shape index (κ1) is 19.8. The molecule has 1 aromatic heterocycles. The zero-order valence-corrected chi connectivity index (χ0v) is 16.2.